The molecule has 1 fully saturated rings. The van der Waals surface area contributed by atoms with Gasteiger partial charge in [-0.1, -0.05) is 23.7 Å². The predicted octanol–water partition coefficient (Wildman–Crippen LogP) is 4.48. The predicted molar refractivity (Wildman–Crippen MR) is 146 cm³/mol. The first kappa shape index (κ1) is 29.8. The van der Waals surface area contributed by atoms with E-state index < -0.39 is 12.1 Å². The van der Waals surface area contributed by atoms with Gasteiger partial charge in [0, 0.05) is 29.9 Å². The number of carbonyl (C=O) groups excluding carboxylic acids is 1. The lowest BCUT2D eigenvalue weighted by Crippen LogP contribution is -2.38. The molecule has 0 spiro atoms. The van der Waals surface area contributed by atoms with E-state index in [0.29, 0.717) is 41.0 Å². The molecule has 2 heterocycles. The Bertz CT molecular complexity index is 1670. The van der Waals surface area contributed by atoms with Crippen molar-refractivity contribution in [3.05, 3.63) is 74.1 Å². The second-order valence-corrected chi connectivity index (χ2v) is 10.2. The lowest BCUT2D eigenvalue weighted by molar-refractivity contribution is -0.192. The minimum absolute atomic E-state index is 0.00508. The zero-order valence-corrected chi connectivity index (χ0v) is 22.4. The topological polar surface area (TPSA) is 150 Å². The number of halogens is 4. The highest BCUT2D eigenvalue weighted by Crippen LogP contribution is 2.30. The Kier molecular flexibility index (Phi) is 9.16. The number of hydrogen-bond donors (Lipinski definition) is 4. The van der Waals surface area contributed by atoms with Crippen LogP contribution in [0.15, 0.2) is 52.1 Å². The molecule has 4 N–H and O–H groups in total. The number of para-hydroxylation sites is 1. The van der Waals surface area contributed by atoms with Gasteiger partial charge in [-0.3, -0.25) is 14.2 Å². The van der Waals surface area contributed by atoms with Crippen molar-refractivity contribution in [3.63, 3.8) is 0 Å². The van der Waals surface area contributed by atoms with Crippen LogP contribution in [0, 0.1) is 0 Å². The maximum atomic E-state index is 12.5. The summed E-state index contributed by atoms with van der Waals surface area (Å²) in [6.45, 7) is 0. The van der Waals surface area contributed by atoms with Crippen molar-refractivity contribution in [1.82, 2.24) is 24.8 Å². The van der Waals surface area contributed by atoms with Crippen molar-refractivity contribution in [3.8, 4) is 0 Å². The molecule has 1 amide bonds. The van der Waals surface area contributed by atoms with Crippen molar-refractivity contribution in [2.24, 2.45) is 0 Å². The summed E-state index contributed by atoms with van der Waals surface area (Å²) in [6, 6.07) is 12.9. The number of fused-ring (bicyclic) bond motifs is 2. The fourth-order valence-corrected chi connectivity index (χ4v) is 5.09. The third-order valence-corrected chi connectivity index (χ3v) is 7.06. The van der Waals surface area contributed by atoms with Gasteiger partial charge in [0.25, 0.3) is 5.56 Å². The van der Waals surface area contributed by atoms with Crippen LogP contribution in [0.2, 0.25) is 5.02 Å². The van der Waals surface area contributed by atoms with Crippen LogP contribution >= 0.6 is 11.6 Å². The van der Waals surface area contributed by atoms with Crippen molar-refractivity contribution >= 4 is 45.4 Å². The van der Waals surface area contributed by atoms with Crippen molar-refractivity contribution in [1.29, 1.82) is 0 Å². The lowest BCUT2D eigenvalue weighted by Gasteiger charge is -2.30. The molecule has 0 bridgehead atoms. The van der Waals surface area contributed by atoms with E-state index in [0.717, 1.165) is 36.7 Å². The van der Waals surface area contributed by atoms with Gasteiger partial charge in [0.05, 0.1) is 21.9 Å². The zero-order chi connectivity index (χ0) is 29.7. The summed E-state index contributed by atoms with van der Waals surface area (Å²) in [6.07, 6.45) is -0.278. The number of nitrogens with zero attached hydrogens (tertiary/aromatic N) is 2. The first-order chi connectivity index (χ1) is 19.4. The molecule has 41 heavy (non-hydrogen) atoms. The van der Waals surface area contributed by atoms with Gasteiger partial charge in [0.1, 0.15) is 5.82 Å². The van der Waals surface area contributed by atoms with Gasteiger partial charge in [0.2, 0.25) is 5.91 Å². The normalized spacial score (nSPS) is 17.2. The molecule has 0 aliphatic heterocycles. The molecule has 218 valence electrons. The second kappa shape index (κ2) is 12.6. The number of nitrogens with one attached hydrogen (secondary N) is 3. The minimum atomic E-state index is -5.08. The van der Waals surface area contributed by atoms with Gasteiger partial charge in [-0.15, -0.1) is 0 Å². The summed E-state index contributed by atoms with van der Waals surface area (Å²) < 4.78 is 33.6. The van der Waals surface area contributed by atoms with E-state index in [4.69, 9.17) is 21.5 Å². The van der Waals surface area contributed by atoms with E-state index in [1.165, 1.54) is 0 Å². The highest BCUT2D eigenvalue weighted by molar-refractivity contribution is 6.31. The Morgan fingerprint density at radius 2 is 1.76 bits per heavy atom. The minimum Gasteiger partial charge on any atom is -0.475 e. The fraction of sp³-hybridized carbons (Fsp3) is 0.370. The van der Waals surface area contributed by atoms with Crippen molar-refractivity contribution in [2.75, 3.05) is 0 Å². The quantitative estimate of drug-likeness (QED) is 0.259. The molecule has 14 heteroatoms. The third kappa shape index (κ3) is 7.54. The van der Waals surface area contributed by atoms with E-state index in [-0.39, 0.29) is 29.2 Å². The van der Waals surface area contributed by atoms with Gasteiger partial charge in [-0.2, -0.15) is 13.2 Å². The van der Waals surface area contributed by atoms with Crippen LogP contribution in [0.25, 0.3) is 21.9 Å². The molecular formula is C27H27ClF3N5O5. The molecule has 2 aromatic heterocycles. The fourth-order valence-electron chi connectivity index (χ4n) is 4.91. The number of rotatable bonds is 6. The molecule has 5 rings (SSSR count). The number of aryl methyl sites for hydroxylation is 1. The summed E-state index contributed by atoms with van der Waals surface area (Å²) >= 11 is 6.04. The number of alkyl halides is 3. The standard InChI is InChI=1S/C25H26ClN5O3.C2HF3O2/c26-15-8-13-21-20(14-15)29-25(34)31(21)17-11-9-16(10-12-17)27-23(32)7-3-6-22-28-19-5-2-1-4-18(19)24(33)30-22;3-2(4,5)1(6)7/h1-2,4-5,8,13-14,16-17H,3,6-7,9-12H2,(H,27,32)(H,29,34)(H,28,30,33);(H,6,7). The number of imidazole rings is 1. The van der Waals surface area contributed by atoms with Crippen LogP contribution in [0.1, 0.15) is 50.4 Å². The molecule has 4 aromatic rings. The number of aromatic nitrogens is 4. The Balaban J connectivity index is 0.000000493. The first-order valence-corrected chi connectivity index (χ1v) is 13.3. The van der Waals surface area contributed by atoms with Gasteiger partial charge in [0.15, 0.2) is 0 Å². The number of aromatic amines is 2. The maximum absolute atomic E-state index is 12.5. The van der Waals surface area contributed by atoms with Gasteiger partial charge >= 0.3 is 17.8 Å². The van der Waals surface area contributed by atoms with E-state index in [9.17, 15) is 27.6 Å². The van der Waals surface area contributed by atoms with Gasteiger partial charge in [-0.05, 0) is 62.4 Å². The number of H-pyrrole nitrogens is 2. The van der Waals surface area contributed by atoms with E-state index >= 15 is 0 Å². The van der Waals surface area contributed by atoms with Crippen LogP contribution in [0.3, 0.4) is 0 Å². The second-order valence-electron chi connectivity index (χ2n) is 9.72. The largest absolute Gasteiger partial charge is 0.490 e. The Morgan fingerprint density at radius 3 is 2.44 bits per heavy atom. The van der Waals surface area contributed by atoms with Crippen LogP contribution in [0.4, 0.5) is 13.2 Å². The molecule has 2 aromatic carbocycles. The third-order valence-electron chi connectivity index (χ3n) is 6.83. The van der Waals surface area contributed by atoms with Gasteiger partial charge < -0.3 is 20.4 Å². The van der Waals surface area contributed by atoms with Crippen molar-refractivity contribution in [2.45, 2.75) is 63.2 Å². The monoisotopic (exact) mass is 593 g/mol. The smallest absolute Gasteiger partial charge is 0.475 e. The summed E-state index contributed by atoms with van der Waals surface area (Å²) in [5.41, 5.74) is 2.00. The van der Waals surface area contributed by atoms with E-state index in [2.05, 4.69) is 20.3 Å². The Morgan fingerprint density at radius 1 is 1.07 bits per heavy atom. The number of carboxylic acids is 1. The summed E-state index contributed by atoms with van der Waals surface area (Å²) in [5.74, 6) is -2.15. The first-order valence-electron chi connectivity index (χ1n) is 12.9. The molecule has 1 aliphatic carbocycles. The Labute approximate surface area is 235 Å². The molecule has 0 unspecified atom stereocenters. The number of carbonyl (C=O) groups is 2. The summed E-state index contributed by atoms with van der Waals surface area (Å²) in [5, 5.41) is 11.4. The van der Waals surface area contributed by atoms with Crippen LogP contribution in [-0.2, 0) is 16.0 Å². The zero-order valence-electron chi connectivity index (χ0n) is 21.6. The molecule has 0 radical (unpaired) electrons. The molecular weight excluding hydrogens is 567 g/mol. The average molecular weight is 594 g/mol. The summed E-state index contributed by atoms with van der Waals surface area (Å²) in [7, 11) is 0. The lowest BCUT2D eigenvalue weighted by atomic mass is 9.90. The van der Waals surface area contributed by atoms with Crippen molar-refractivity contribution < 1.29 is 27.9 Å². The number of benzene rings is 2. The van der Waals surface area contributed by atoms with Crippen LogP contribution < -0.4 is 16.6 Å². The highest BCUT2D eigenvalue weighted by Gasteiger charge is 2.38. The number of carboxylic acid groups (broad SMARTS) is 1. The molecule has 1 saturated carbocycles. The number of hydrogen-bond acceptors (Lipinski definition) is 5. The molecule has 1 aliphatic rings. The number of aliphatic carboxylic acids is 1. The van der Waals surface area contributed by atoms with E-state index in [1.54, 1.807) is 18.2 Å². The average Bonchev–Trinajstić information content (AvgIpc) is 3.23. The van der Waals surface area contributed by atoms with Crippen LogP contribution in [0.5, 0.6) is 0 Å². The molecule has 0 atom stereocenters. The van der Waals surface area contributed by atoms with E-state index in [1.807, 2.05) is 28.8 Å². The molecule has 0 saturated heterocycles. The van der Waals surface area contributed by atoms with Crippen LogP contribution in [-0.4, -0.2) is 48.7 Å². The SMILES string of the molecule is O=C(CCCc1nc2ccccc2c(=O)[nH]1)NC1CCC(n2c(=O)[nH]c3cc(Cl)ccc32)CC1.O=C(O)C(F)(F)F. The summed E-state index contributed by atoms with van der Waals surface area (Å²) in [4.78, 5) is 56.2. The Hall–Kier alpha value is -4.13. The molecule has 10 nitrogen and oxygen atoms in total. The van der Waals surface area contributed by atoms with Gasteiger partial charge in [-0.25, -0.2) is 14.6 Å². The number of amides is 1. The highest BCUT2D eigenvalue weighted by atomic mass is 35.5. The maximum Gasteiger partial charge on any atom is 0.490 e.